The molecule has 6 heteroatoms. The van der Waals surface area contributed by atoms with E-state index in [1.807, 2.05) is 0 Å². The number of primary amides is 1. The van der Waals surface area contributed by atoms with Crippen molar-refractivity contribution < 1.29 is 18.3 Å². The lowest BCUT2D eigenvalue weighted by Crippen LogP contribution is -2.20. The molecule has 1 atom stereocenters. The zero-order valence-corrected chi connectivity index (χ0v) is 8.40. The Bertz CT molecular complexity index is 354. The number of rotatable bonds is 5. The average Bonchev–Trinajstić information content (AvgIpc) is 2.16. The molecular weight excluding hydrogens is 218 g/mol. The van der Waals surface area contributed by atoms with E-state index in [4.69, 9.17) is 11.5 Å². The highest BCUT2D eigenvalue weighted by Gasteiger charge is 2.10. The van der Waals surface area contributed by atoms with Crippen LogP contribution in [0.25, 0.3) is 0 Å². The number of halogens is 2. The Balaban J connectivity index is 2.66. The lowest BCUT2D eigenvalue weighted by Gasteiger charge is -2.10. The minimum atomic E-state index is -2.86. The molecule has 4 N–H and O–H groups in total. The largest absolute Gasteiger partial charge is 0.435 e. The van der Waals surface area contributed by atoms with Crippen molar-refractivity contribution in [1.82, 2.24) is 0 Å². The van der Waals surface area contributed by atoms with Gasteiger partial charge >= 0.3 is 6.61 Å². The summed E-state index contributed by atoms with van der Waals surface area (Å²) in [6.45, 7) is -2.86. The van der Waals surface area contributed by atoms with E-state index in [0.29, 0.717) is 5.56 Å². The number of carbonyl (C=O) groups excluding carboxylic acids is 1. The molecule has 0 fully saturated rings. The van der Waals surface area contributed by atoms with E-state index < -0.39 is 18.6 Å². The first kappa shape index (κ1) is 12.4. The fourth-order valence-corrected chi connectivity index (χ4v) is 1.23. The monoisotopic (exact) mass is 230 g/mol. The van der Waals surface area contributed by atoms with E-state index in [-0.39, 0.29) is 12.2 Å². The summed E-state index contributed by atoms with van der Waals surface area (Å²) in [5.74, 6) is -0.467. The van der Waals surface area contributed by atoms with Gasteiger partial charge < -0.3 is 16.2 Å². The quantitative estimate of drug-likeness (QED) is 0.796. The Hall–Kier alpha value is -1.69. The molecule has 0 aliphatic rings. The molecule has 0 radical (unpaired) electrons. The van der Waals surface area contributed by atoms with Crippen molar-refractivity contribution >= 4 is 5.91 Å². The third-order valence-corrected chi connectivity index (χ3v) is 1.95. The lowest BCUT2D eigenvalue weighted by molar-refractivity contribution is -0.118. The number of alkyl halides is 2. The highest BCUT2D eigenvalue weighted by molar-refractivity contribution is 5.74. The van der Waals surface area contributed by atoms with Crippen LogP contribution in [0.4, 0.5) is 8.78 Å². The van der Waals surface area contributed by atoms with Gasteiger partial charge in [-0.15, -0.1) is 0 Å². The molecule has 0 spiro atoms. The van der Waals surface area contributed by atoms with Gasteiger partial charge in [0.2, 0.25) is 5.91 Å². The predicted octanol–water partition coefficient (Wildman–Crippen LogP) is 1.16. The maximum absolute atomic E-state index is 11.8. The first-order valence-electron chi connectivity index (χ1n) is 4.57. The predicted molar refractivity (Wildman–Crippen MR) is 53.8 cm³/mol. The van der Waals surface area contributed by atoms with Gasteiger partial charge in [0, 0.05) is 12.5 Å². The van der Waals surface area contributed by atoms with Gasteiger partial charge in [0.15, 0.2) is 0 Å². The van der Waals surface area contributed by atoms with Crippen LogP contribution in [-0.2, 0) is 4.79 Å². The first-order chi connectivity index (χ1) is 7.49. The number of hydrogen-bond donors (Lipinski definition) is 2. The molecule has 0 aliphatic carbocycles. The SMILES string of the molecule is NC(=O)C[C@@H](N)c1ccc(OC(F)F)cc1. The molecule has 1 amide bonds. The molecule has 0 bridgehead atoms. The van der Waals surface area contributed by atoms with Gasteiger partial charge in [-0.3, -0.25) is 4.79 Å². The molecular formula is C10H12F2N2O2. The summed E-state index contributed by atoms with van der Waals surface area (Å²) in [6, 6.07) is 5.24. The zero-order chi connectivity index (χ0) is 12.1. The van der Waals surface area contributed by atoms with Crippen LogP contribution < -0.4 is 16.2 Å². The molecule has 1 aromatic rings. The van der Waals surface area contributed by atoms with Gasteiger partial charge in [-0.2, -0.15) is 8.78 Å². The van der Waals surface area contributed by atoms with Gasteiger partial charge in [-0.1, -0.05) is 12.1 Å². The molecule has 0 unspecified atom stereocenters. The number of benzene rings is 1. The van der Waals surface area contributed by atoms with Crippen molar-refractivity contribution in [1.29, 1.82) is 0 Å². The van der Waals surface area contributed by atoms with Gasteiger partial charge in [-0.25, -0.2) is 0 Å². The van der Waals surface area contributed by atoms with E-state index in [1.165, 1.54) is 24.3 Å². The third-order valence-electron chi connectivity index (χ3n) is 1.95. The molecule has 88 valence electrons. The van der Waals surface area contributed by atoms with Gasteiger partial charge in [0.1, 0.15) is 5.75 Å². The normalized spacial score (nSPS) is 12.5. The second-order valence-corrected chi connectivity index (χ2v) is 3.22. The summed E-state index contributed by atoms with van der Waals surface area (Å²) in [4.78, 5) is 10.6. The molecule has 0 aromatic heterocycles. The van der Waals surface area contributed by atoms with E-state index in [0.717, 1.165) is 0 Å². The second-order valence-electron chi connectivity index (χ2n) is 3.22. The summed E-state index contributed by atoms with van der Waals surface area (Å²) in [5, 5.41) is 0. The van der Waals surface area contributed by atoms with Crippen LogP contribution in [0.3, 0.4) is 0 Å². The minimum absolute atomic E-state index is 0.00898. The zero-order valence-electron chi connectivity index (χ0n) is 8.40. The van der Waals surface area contributed by atoms with Gasteiger partial charge in [-0.05, 0) is 17.7 Å². The maximum Gasteiger partial charge on any atom is 0.387 e. The molecule has 0 aliphatic heterocycles. The summed E-state index contributed by atoms with van der Waals surface area (Å²) in [6.07, 6.45) is 0.00898. The molecule has 1 aromatic carbocycles. The van der Waals surface area contributed by atoms with E-state index in [9.17, 15) is 13.6 Å². The number of nitrogens with two attached hydrogens (primary N) is 2. The summed E-state index contributed by atoms with van der Waals surface area (Å²) in [5.41, 5.74) is 11.3. The summed E-state index contributed by atoms with van der Waals surface area (Å²) < 4.78 is 27.9. The summed E-state index contributed by atoms with van der Waals surface area (Å²) in [7, 11) is 0. The third kappa shape index (κ3) is 3.82. The van der Waals surface area contributed by atoms with Crippen molar-refractivity contribution in [2.75, 3.05) is 0 Å². The van der Waals surface area contributed by atoms with Gasteiger partial charge in [0.25, 0.3) is 0 Å². The Morgan fingerprint density at radius 2 is 1.88 bits per heavy atom. The standard InChI is InChI=1S/C10H12F2N2O2/c11-10(12)16-7-3-1-6(2-4-7)8(13)5-9(14)15/h1-4,8,10H,5,13H2,(H2,14,15)/t8-/m1/s1. The van der Waals surface area contributed by atoms with Crippen LogP contribution in [0.2, 0.25) is 0 Å². The highest BCUT2D eigenvalue weighted by Crippen LogP contribution is 2.19. The van der Waals surface area contributed by atoms with E-state index >= 15 is 0 Å². The first-order valence-corrected chi connectivity index (χ1v) is 4.57. The minimum Gasteiger partial charge on any atom is -0.435 e. The molecule has 4 nitrogen and oxygen atoms in total. The molecule has 0 saturated heterocycles. The van der Waals surface area contributed by atoms with Gasteiger partial charge in [0.05, 0.1) is 0 Å². The number of ether oxygens (including phenoxy) is 1. The average molecular weight is 230 g/mol. The fourth-order valence-electron chi connectivity index (χ4n) is 1.23. The lowest BCUT2D eigenvalue weighted by atomic mass is 10.0. The Morgan fingerprint density at radius 3 is 2.31 bits per heavy atom. The van der Waals surface area contributed by atoms with Crippen molar-refractivity contribution in [2.24, 2.45) is 11.5 Å². The van der Waals surface area contributed by atoms with Crippen LogP contribution in [0.1, 0.15) is 18.0 Å². The van der Waals surface area contributed by atoms with Crippen molar-refractivity contribution in [3.8, 4) is 5.75 Å². The molecule has 0 heterocycles. The molecule has 0 saturated carbocycles. The van der Waals surface area contributed by atoms with Crippen LogP contribution in [0, 0.1) is 0 Å². The van der Waals surface area contributed by atoms with E-state index in [2.05, 4.69) is 4.74 Å². The van der Waals surface area contributed by atoms with Crippen molar-refractivity contribution in [3.63, 3.8) is 0 Å². The smallest absolute Gasteiger partial charge is 0.387 e. The number of hydrogen-bond acceptors (Lipinski definition) is 3. The Kier molecular flexibility index (Phi) is 4.19. The maximum atomic E-state index is 11.8. The Morgan fingerprint density at radius 1 is 1.31 bits per heavy atom. The van der Waals surface area contributed by atoms with Crippen LogP contribution in [-0.4, -0.2) is 12.5 Å². The topological polar surface area (TPSA) is 78.3 Å². The van der Waals surface area contributed by atoms with Crippen LogP contribution in [0.5, 0.6) is 5.75 Å². The fraction of sp³-hybridized carbons (Fsp3) is 0.300. The molecule has 16 heavy (non-hydrogen) atoms. The van der Waals surface area contributed by atoms with Crippen molar-refractivity contribution in [2.45, 2.75) is 19.1 Å². The Labute approximate surface area is 91.2 Å². The van der Waals surface area contributed by atoms with E-state index in [1.54, 1.807) is 0 Å². The van der Waals surface area contributed by atoms with Crippen LogP contribution >= 0.6 is 0 Å². The number of carbonyl (C=O) groups is 1. The molecule has 1 rings (SSSR count). The second kappa shape index (κ2) is 5.41. The van der Waals surface area contributed by atoms with Crippen LogP contribution in [0.15, 0.2) is 24.3 Å². The summed E-state index contributed by atoms with van der Waals surface area (Å²) >= 11 is 0. The number of amides is 1. The highest BCUT2D eigenvalue weighted by atomic mass is 19.3. The van der Waals surface area contributed by atoms with Crippen molar-refractivity contribution in [3.05, 3.63) is 29.8 Å².